The summed E-state index contributed by atoms with van der Waals surface area (Å²) in [5, 5.41) is 14.7. The van der Waals surface area contributed by atoms with Gasteiger partial charge >= 0.3 is 12.1 Å². The van der Waals surface area contributed by atoms with Gasteiger partial charge in [0, 0.05) is 12.1 Å². The summed E-state index contributed by atoms with van der Waals surface area (Å²) >= 11 is 0. The third kappa shape index (κ3) is 2.92. The zero-order chi connectivity index (χ0) is 20.2. The maximum Gasteiger partial charge on any atom is 0.405 e. The van der Waals surface area contributed by atoms with Gasteiger partial charge in [0.2, 0.25) is 0 Å². The number of nitrogens with one attached hydrogen (secondary N) is 2. The summed E-state index contributed by atoms with van der Waals surface area (Å²) in [4.78, 5) is 25.9. The molecule has 150 valence electrons. The molecule has 1 aliphatic heterocycles. The summed E-state index contributed by atoms with van der Waals surface area (Å²) in [6.45, 7) is 0.569. The number of urea groups is 1. The number of benzene rings is 2. The van der Waals surface area contributed by atoms with Crippen molar-refractivity contribution in [3.05, 3.63) is 71.0 Å². The third-order valence-corrected chi connectivity index (χ3v) is 6.50. The molecular weight excluding hydrogens is 373 g/mol. The Hall–Kier alpha value is -3.09. The molecule has 3 N–H and O–H groups in total. The molecule has 2 aromatic carbocycles. The summed E-state index contributed by atoms with van der Waals surface area (Å²) in [7, 11) is 0. The average molecular weight is 395 g/mol. The van der Waals surface area contributed by atoms with Crippen molar-refractivity contribution in [3.8, 4) is 0 Å². The van der Waals surface area contributed by atoms with Gasteiger partial charge in [-0.2, -0.15) is 0 Å². The number of fused-ring (bicyclic) bond motifs is 1. The van der Waals surface area contributed by atoms with Crippen LogP contribution in [0, 0.1) is 5.82 Å². The number of carbonyl (C=O) groups is 2. The van der Waals surface area contributed by atoms with Crippen molar-refractivity contribution in [3.63, 3.8) is 0 Å². The van der Waals surface area contributed by atoms with E-state index in [0.717, 1.165) is 17.5 Å². The van der Waals surface area contributed by atoms with Crippen LogP contribution in [0.25, 0.3) is 0 Å². The van der Waals surface area contributed by atoms with Crippen LogP contribution in [0.15, 0.2) is 48.5 Å². The summed E-state index contributed by atoms with van der Waals surface area (Å²) in [6, 6.07) is 13.9. The van der Waals surface area contributed by atoms with E-state index in [-0.39, 0.29) is 29.0 Å². The summed E-state index contributed by atoms with van der Waals surface area (Å²) in [5.41, 5.74) is 2.44. The van der Waals surface area contributed by atoms with E-state index in [1.54, 1.807) is 12.1 Å². The van der Waals surface area contributed by atoms with Crippen molar-refractivity contribution in [2.45, 2.75) is 42.8 Å². The molecule has 0 aromatic heterocycles. The van der Waals surface area contributed by atoms with Gasteiger partial charge in [0.1, 0.15) is 5.82 Å². The molecule has 29 heavy (non-hydrogen) atoms. The van der Waals surface area contributed by atoms with E-state index in [1.807, 2.05) is 23.1 Å². The quantitative estimate of drug-likeness (QED) is 0.745. The monoisotopic (exact) mass is 395 g/mol. The molecule has 1 heterocycles. The van der Waals surface area contributed by atoms with Crippen LogP contribution in [0.1, 0.15) is 42.0 Å². The Morgan fingerprint density at radius 1 is 1.00 bits per heavy atom. The van der Waals surface area contributed by atoms with E-state index in [2.05, 4.69) is 16.7 Å². The van der Waals surface area contributed by atoms with Gasteiger partial charge in [-0.3, -0.25) is 0 Å². The number of halogens is 1. The van der Waals surface area contributed by atoms with Gasteiger partial charge in [0.05, 0.1) is 11.6 Å². The first-order valence-electron chi connectivity index (χ1n) is 9.82. The smallest absolute Gasteiger partial charge is 0.405 e. The van der Waals surface area contributed by atoms with Crippen LogP contribution in [0.3, 0.4) is 0 Å². The second kappa shape index (κ2) is 6.20. The molecule has 1 atom stereocenters. The second-order valence-corrected chi connectivity index (χ2v) is 8.55. The lowest BCUT2D eigenvalue weighted by molar-refractivity contribution is -0.0924. The van der Waals surface area contributed by atoms with Crippen LogP contribution in [-0.2, 0) is 6.42 Å². The SMILES string of the molecule is O=C(O)NC12CC(NC(=O)N3CCc4ccccc4[C@@H]3c3ccc(F)cc3)(C1)C2. The zero-order valence-electron chi connectivity index (χ0n) is 15.8. The predicted octanol–water partition coefficient (Wildman–Crippen LogP) is 3.43. The van der Waals surface area contributed by atoms with Gasteiger partial charge in [-0.15, -0.1) is 0 Å². The topological polar surface area (TPSA) is 81.7 Å². The van der Waals surface area contributed by atoms with Gasteiger partial charge in [-0.1, -0.05) is 36.4 Å². The molecule has 3 saturated carbocycles. The van der Waals surface area contributed by atoms with Crippen molar-refractivity contribution < 1.29 is 19.1 Å². The van der Waals surface area contributed by atoms with Gasteiger partial charge in [-0.05, 0) is 54.5 Å². The molecule has 6 nitrogen and oxygen atoms in total. The molecule has 4 aliphatic rings. The van der Waals surface area contributed by atoms with E-state index in [1.165, 1.54) is 17.7 Å². The maximum absolute atomic E-state index is 13.5. The highest BCUT2D eigenvalue weighted by molar-refractivity contribution is 5.78. The van der Waals surface area contributed by atoms with Gasteiger partial charge in [-0.25, -0.2) is 14.0 Å². The van der Waals surface area contributed by atoms with E-state index in [0.29, 0.717) is 25.8 Å². The first-order valence-corrected chi connectivity index (χ1v) is 9.82. The van der Waals surface area contributed by atoms with Crippen LogP contribution >= 0.6 is 0 Å². The molecule has 7 heteroatoms. The highest BCUT2D eigenvalue weighted by atomic mass is 19.1. The summed E-state index contributed by atoms with van der Waals surface area (Å²) in [5.74, 6) is -0.307. The van der Waals surface area contributed by atoms with Gasteiger partial charge < -0.3 is 20.6 Å². The maximum atomic E-state index is 13.5. The molecule has 2 bridgehead atoms. The minimum atomic E-state index is -1.02. The third-order valence-electron chi connectivity index (χ3n) is 6.50. The van der Waals surface area contributed by atoms with Crippen molar-refractivity contribution >= 4 is 12.1 Å². The lowest BCUT2D eigenvalue weighted by Gasteiger charge is -2.70. The van der Waals surface area contributed by atoms with E-state index in [4.69, 9.17) is 5.11 Å². The number of rotatable bonds is 3. The van der Waals surface area contributed by atoms with Gasteiger partial charge in [0.25, 0.3) is 0 Å². The van der Waals surface area contributed by atoms with Crippen molar-refractivity contribution in [1.29, 1.82) is 0 Å². The van der Waals surface area contributed by atoms with E-state index in [9.17, 15) is 14.0 Å². The Balaban J connectivity index is 1.38. The molecule has 3 fully saturated rings. The average Bonchev–Trinajstić information content (AvgIpc) is 2.65. The fraction of sp³-hybridized carbons (Fsp3) is 0.364. The van der Waals surface area contributed by atoms with E-state index >= 15 is 0 Å². The Labute approximate surface area is 167 Å². The summed E-state index contributed by atoms with van der Waals surface area (Å²) in [6.07, 6.45) is 1.63. The Morgan fingerprint density at radius 3 is 2.34 bits per heavy atom. The van der Waals surface area contributed by atoms with Crippen molar-refractivity contribution in [1.82, 2.24) is 15.5 Å². The fourth-order valence-electron chi connectivity index (χ4n) is 5.37. The normalized spacial score (nSPS) is 29.1. The number of carboxylic acid groups (broad SMARTS) is 1. The minimum Gasteiger partial charge on any atom is -0.465 e. The van der Waals surface area contributed by atoms with Crippen LogP contribution < -0.4 is 10.6 Å². The van der Waals surface area contributed by atoms with Gasteiger partial charge in [0.15, 0.2) is 0 Å². The summed E-state index contributed by atoms with van der Waals surface area (Å²) < 4.78 is 13.5. The van der Waals surface area contributed by atoms with Crippen molar-refractivity contribution in [2.24, 2.45) is 0 Å². The second-order valence-electron chi connectivity index (χ2n) is 8.55. The van der Waals surface area contributed by atoms with Crippen LogP contribution in [0.4, 0.5) is 14.0 Å². The van der Waals surface area contributed by atoms with Crippen molar-refractivity contribution in [2.75, 3.05) is 6.54 Å². The fourth-order valence-corrected chi connectivity index (χ4v) is 5.37. The molecule has 3 aliphatic carbocycles. The molecule has 0 spiro atoms. The van der Waals surface area contributed by atoms with Crippen LogP contribution in [-0.4, -0.2) is 39.8 Å². The van der Waals surface area contributed by atoms with E-state index < -0.39 is 6.09 Å². The molecule has 6 rings (SSSR count). The largest absolute Gasteiger partial charge is 0.465 e. The first kappa shape index (κ1) is 18.0. The predicted molar refractivity (Wildman–Crippen MR) is 104 cm³/mol. The van der Waals surface area contributed by atoms with Crippen LogP contribution in [0.5, 0.6) is 0 Å². The molecule has 2 aromatic rings. The number of nitrogens with zero attached hydrogens (tertiary/aromatic N) is 1. The highest BCUT2D eigenvalue weighted by Gasteiger charge is 2.69. The molecule has 3 amide bonds. The Morgan fingerprint density at radius 2 is 1.66 bits per heavy atom. The highest BCUT2D eigenvalue weighted by Crippen LogP contribution is 2.60. The minimum absolute atomic E-state index is 0.155. The molecule has 0 radical (unpaired) electrons. The first-order chi connectivity index (χ1) is 13.9. The standard InChI is InChI=1S/C22H22FN3O3/c23-16-7-5-15(6-8-16)18-17-4-2-1-3-14(17)9-10-26(18)19(27)24-21-11-22(12-21,13-21)25-20(28)29/h1-8,18,25H,9-13H2,(H,24,27)(H,28,29)/t18-,21?,22?/m0/s1. The number of hydrogen-bond donors (Lipinski definition) is 3. The molecule has 0 unspecified atom stereocenters. The number of carbonyl (C=O) groups excluding carboxylic acids is 1. The number of hydrogen-bond acceptors (Lipinski definition) is 2. The lowest BCUT2D eigenvalue weighted by Crippen LogP contribution is -2.84. The molecular formula is C22H22FN3O3. The lowest BCUT2D eigenvalue weighted by atomic mass is 9.44. The zero-order valence-corrected chi connectivity index (χ0v) is 15.8. The van der Waals surface area contributed by atoms with Crippen LogP contribution in [0.2, 0.25) is 0 Å². The Bertz CT molecular complexity index is 971. The Kier molecular flexibility index (Phi) is 3.84. The molecule has 0 saturated heterocycles. The number of amides is 3.